The van der Waals surface area contributed by atoms with Crippen molar-refractivity contribution in [3.05, 3.63) is 53.9 Å². The summed E-state index contributed by atoms with van der Waals surface area (Å²) in [6, 6.07) is 9.37. The van der Waals surface area contributed by atoms with Gasteiger partial charge in [0.1, 0.15) is 10.5 Å². The number of sulfonamides is 1. The van der Waals surface area contributed by atoms with Crippen LogP contribution in [0.2, 0.25) is 0 Å². The molecule has 3 aromatic rings. The molecule has 1 aliphatic rings. The third-order valence-electron chi connectivity index (χ3n) is 5.39. The van der Waals surface area contributed by atoms with Gasteiger partial charge in [0, 0.05) is 49.6 Å². The lowest BCUT2D eigenvalue weighted by molar-refractivity contribution is -0.117. The minimum atomic E-state index is -3.62. The molecule has 0 spiro atoms. The van der Waals surface area contributed by atoms with Gasteiger partial charge in [0.15, 0.2) is 0 Å². The molecule has 1 amide bonds. The highest BCUT2D eigenvalue weighted by atomic mass is 32.2. The highest BCUT2D eigenvalue weighted by Crippen LogP contribution is 2.25. The number of aromatic nitrogens is 2. The second kappa shape index (κ2) is 8.17. The quantitative estimate of drug-likeness (QED) is 0.650. The van der Waals surface area contributed by atoms with Gasteiger partial charge in [-0.25, -0.2) is 13.4 Å². The first-order valence-electron chi connectivity index (χ1n) is 9.86. The van der Waals surface area contributed by atoms with Gasteiger partial charge in [0.05, 0.1) is 6.54 Å². The minimum Gasteiger partial charge on any atom is -0.345 e. The first-order chi connectivity index (χ1) is 14.3. The number of aryl methyl sites for hydroxylation is 2. The predicted molar refractivity (Wildman–Crippen MR) is 116 cm³/mol. The fourth-order valence-corrected chi connectivity index (χ4v) is 5.33. The maximum Gasteiger partial charge on any atom is 0.245 e. The SMILES string of the molecule is Cc1ccc(NC(=O)CN2CCN(S(=O)(=O)c3c[nH]c4ncccc34)CC2)c(C)c1. The number of nitrogens with one attached hydrogen (secondary N) is 2. The van der Waals surface area contributed by atoms with E-state index in [1.807, 2.05) is 36.9 Å². The molecule has 0 saturated carbocycles. The number of H-pyrrole nitrogens is 1. The number of amides is 1. The molecule has 8 nitrogen and oxygen atoms in total. The molecule has 4 rings (SSSR count). The first kappa shape index (κ1) is 20.5. The average molecular weight is 428 g/mol. The zero-order chi connectivity index (χ0) is 21.3. The largest absolute Gasteiger partial charge is 0.345 e. The molecule has 0 aliphatic carbocycles. The van der Waals surface area contributed by atoms with E-state index in [0.717, 1.165) is 16.8 Å². The second-order valence-electron chi connectivity index (χ2n) is 7.60. The van der Waals surface area contributed by atoms with Crippen molar-refractivity contribution in [2.75, 3.05) is 38.0 Å². The van der Waals surface area contributed by atoms with Gasteiger partial charge in [-0.15, -0.1) is 0 Å². The van der Waals surface area contributed by atoms with Crippen LogP contribution in [0.1, 0.15) is 11.1 Å². The molecule has 3 heterocycles. The smallest absolute Gasteiger partial charge is 0.245 e. The number of piperazine rings is 1. The van der Waals surface area contributed by atoms with Gasteiger partial charge < -0.3 is 10.3 Å². The van der Waals surface area contributed by atoms with Crippen molar-refractivity contribution in [3.8, 4) is 0 Å². The molecule has 30 heavy (non-hydrogen) atoms. The summed E-state index contributed by atoms with van der Waals surface area (Å²) < 4.78 is 27.6. The van der Waals surface area contributed by atoms with Crippen molar-refractivity contribution in [2.45, 2.75) is 18.7 Å². The number of anilines is 1. The molecular formula is C21H25N5O3S. The van der Waals surface area contributed by atoms with E-state index in [4.69, 9.17) is 0 Å². The Balaban J connectivity index is 1.37. The summed E-state index contributed by atoms with van der Waals surface area (Å²) >= 11 is 0. The molecule has 2 aromatic heterocycles. The number of carbonyl (C=O) groups excluding carboxylic acids is 1. The van der Waals surface area contributed by atoms with E-state index in [0.29, 0.717) is 37.2 Å². The summed E-state index contributed by atoms with van der Waals surface area (Å²) in [6.07, 6.45) is 3.12. The molecule has 1 aromatic carbocycles. The summed E-state index contributed by atoms with van der Waals surface area (Å²) in [7, 11) is -3.62. The van der Waals surface area contributed by atoms with Crippen molar-refractivity contribution in [2.24, 2.45) is 0 Å². The monoisotopic (exact) mass is 427 g/mol. The topological polar surface area (TPSA) is 98.4 Å². The highest BCUT2D eigenvalue weighted by molar-refractivity contribution is 7.89. The van der Waals surface area contributed by atoms with E-state index in [2.05, 4.69) is 15.3 Å². The standard InChI is InChI=1S/C21H25N5O3S/c1-15-5-6-18(16(2)12-15)24-20(27)14-25-8-10-26(11-9-25)30(28,29)19-13-23-21-17(19)4-3-7-22-21/h3-7,12-13H,8-11,14H2,1-2H3,(H,22,23)(H,24,27). The third kappa shape index (κ3) is 4.09. The number of fused-ring (bicyclic) bond motifs is 1. The molecule has 0 bridgehead atoms. The van der Waals surface area contributed by atoms with Gasteiger partial charge >= 0.3 is 0 Å². The van der Waals surface area contributed by atoms with E-state index in [-0.39, 0.29) is 17.3 Å². The predicted octanol–water partition coefficient (Wildman–Crippen LogP) is 2.12. The van der Waals surface area contributed by atoms with Crippen LogP contribution in [0.3, 0.4) is 0 Å². The summed E-state index contributed by atoms with van der Waals surface area (Å²) in [5.41, 5.74) is 3.53. The number of rotatable bonds is 5. The van der Waals surface area contributed by atoms with Crippen molar-refractivity contribution in [1.82, 2.24) is 19.2 Å². The van der Waals surface area contributed by atoms with Crippen LogP contribution >= 0.6 is 0 Å². The zero-order valence-electron chi connectivity index (χ0n) is 17.1. The van der Waals surface area contributed by atoms with E-state index in [1.54, 1.807) is 18.3 Å². The van der Waals surface area contributed by atoms with Gasteiger partial charge in [-0.05, 0) is 37.6 Å². The Morgan fingerprint density at radius 3 is 2.67 bits per heavy atom. The summed E-state index contributed by atoms with van der Waals surface area (Å²) in [4.78, 5) is 21.7. The van der Waals surface area contributed by atoms with Gasteiger partial charge in [0.2, 0.25) is 15.9 Å². The van der Waals surface area contributed by atoms with Crippen LogP contribution in [-0.2, 0) is 14.8 Å². The Bertz CT molecular complexity index is 1180. The Kier molecular flexibility index (Phi) is 5.59. The van der Waals surface area contributed by atoms with Crippen LogP contribution < -0.4 is 5.32 Å². The summed E-state index contributed by atoms with van der Waals surface area (Å²) in [6.45, 7) is 5.89. The Hall–Kier alpha value is -2.75. The molecule has 1 saturated heterocycles. The van der Waals surface area contributed by atoms with Gasteiger partial charge in [-0.1, -0.05) is 17.7 Å². The van der Waals surface area contributed by atoms with Crippen LogP contribution in [0.4, 0.5) is 5.69 Å². The number of hydrogen-bond acceptors (Lipinski definition) is 5. The fraction of sp³-hybridized carbons (Fsp3) is 0.333. The lowest BCUT2D eigenvalue weighted by Crippen LogP contribution is -2.50. The summed E-state index contributed by atoms with van der Waals surface area (Å²) in [5.74, 6) is -0.0963. The van der Waals surface area contributed by atoms with Crippen LogP contribution in [-0.4, -0.2) is 66.2 Å². The molecular weight excluding hydrogens is 402 g/mol. The van der Waals surface area contributed by atoms with E-state index in [9.17, 15) is 13.2 Å². The number of pyridine rings is 1. The number of carbonyl (C=O) groups is 1. The number of nitrogens with zero attached hydrogens (tertiary/aromatic N) is 3. The molecule has 1 aliphatic heterocycles. The Morgan fingerprint density at radius 2 is 1.93 bits per heavy atom. The van der Waals surface area contributed by atoms with Gasteiger partial charge in [-0.3, -0.25) is 9.69 Å². The van der Waals surface area contributed by atoms with E-state index < -0.39 is 10.0 Å². The first-order valence-corrected chi connectivity index (χ1v) is 11.3. The van der Waals surface area contributed by atoms with Crippen molar-refractivity contribution < 1.29 is 13.2 Å². The molecule has 0 radical (unpaired) electrons. The van der Waals surface area contributed by atoms with Crippen molar-refractivity contribution >= 4 is 32.7 Å². The van der Waals surface area contributed by atoms with E-state index in [1.165, 1.54) is 10.5 Å². The third-order valence-corrected chi connectivity index (χ3v) is 7.32. The number of hydrogen-bond donors (Lipinski definition) is 2. The molecule has 158 valence electrons. The zero-order valence-corrected chi connectivity index (χ0v) is 17.9. The van der Waals surface area contributed by atoms with Crippen molar-refractivity contribution in [1.29, 1.82) is 0 Å². The lowest BCUT2D eigenvalue weighted by atomic mass is 10.1. The number of benzene rings is 1. The van der Waals surface area contributed by atoms with Crippen molar-refractivity contribution in [3.63, 3.8) is 0 Å². The van der Waals surface area contributed by atoms with Crippen LogP contribution in [0.5, 0.6) is 0 Å². The molecule has 2 N–H and O–H groups in total. The fourth-order valence-electron chi connectivity index (χ4n) is 3.76. The van der Waals surface area contributed by atoms with Crippen LogP contribution in [0.25, 0.3) is 11.0 Å². The molecule has 0 unspecified atom stereocenters. The van der Waals surface area contributed by atoms with Crippen LogP contribution in [0.15, 0.2) is 47.6 Å². The molecule has 1 fully saturated rings. The normalized spacial score (nSPS) is 16.1. The van der Waals surface area contributed by atoms with Gasteiger partial charge in [-0.2, -0.15) is 4.31 Å². The average Bonchev–Trinajstić information content (AvgIpc) is 3.15. The Labute approximate surface area is 176 Å². The Morgan fingerprint density at radius 1 is 1.17 bits per heavy atom. The lowest BCUT2D eigenvalue weighted by Gasteiger charge is -2.33. The maximum absolute atomic E-state index is 13.1. The van der Waals surface area contributed by atoms with Crippen LogP contribution in [0, 0.1) is 13.8 Å². The minimum absolute atomic E-state index is 0.0963. The molecule has 9 heteroatoms. The van der Waals surface area contributed by atoms with Gasteiger partial charge in [0.25, 0.3) is 0 Å². The summed E-state index contributed by atoms with van der Waals surface area (Å²) in [5, 5.41) is 3.54. The second-order valence-corrected chi connectivity index (χ2v) is 9.51. The maximum atomic E-state index is 13.1. The highest BCUT2D eigenvalue weighted by Gasteiger charge is 2.31. The van der Waals surface area contributed by atoms with E-state index >= 15 is 0 Å². The molecule has 0 atom stereocenters. The number of aromatic amines is 1.